The van der Waals surface area contributed by atoms with Crippen molar-refractivity contribution in [2.75, 3.05) is 7.11 Å². The standard InChI is InChI=1S/C13H21NO5/c1-13(2,3)19-12(17)14-10-6-8(11(16)18-4)5-9(10)7-15/h7-10H,5-6H2,1-4H3,(H,14,17)/t8-,9+,10-/m1/s1. The van der Waals surface area contributed by atoms with Gasteiger partial charge in [0.05, 0.1) is 13.0 Å². The number of alkyl carbamates (subject to hydrolysis) is 1. The molecule has 1 N–H and O–H groups in total. The molecule has 0 saturated heterocycles. The van der Waals surface area contributed by atoms with Gasteiger partial charge in [-0.2, -0.15) is 0 Å². The number of hydrogen-bond donors (Lipinski definition) is 1. The van der Waals surface area contributed by atoms with Crippen LogP contribution in [0.15, 0.2) is 0 Å². The predicted molar refractivity (Wildman–Crippen MR) is 67.5 cm³/mol. The lowest BCUT2D eigenvalue weighted by Gasteiger charge is -2.23. The fraction of sp³-hybridized carbons (Fsp3) is 0.769. The van der Waals surface area contributed by atoms with Gasteiger partial charge in [0.1, 0.15) is 11.9 Å². The molecule has 6 heteroatoms. The van der Waals surface area contributed by atoms with Gasteiger partial charge < -0.3 is 19.6 Å². The van der Waals surface area contributed by atoms with Gasteiger partial charge >= 0.3 is 12.1 Å². The minimum absolute atomic E-state index is 0.347. The number of rotatable bonds is 3. The molecule has 1 aliphatic rings. The Bertz CT molecular complexity index is 361. The summed E-state index contributed by atoms with van der Waals surface area (Å²) in [6.07, 6.45) is 0.992. The van der Waals surface area contributed by atoms with Crippen LogP contribution >= 0.6 is 0 Å². The number of nitrogens with one attached hydrogen (secondary N) is 1. The van der Waals surface area contributed by atoms with Gasteiger partial charge in [-0.15, -0.1) is 0 Å². The average molecular weight is 271 g/mol. The van der Waals surface area contributed by atoms with Gasteiger partial charge in [0.25, 0.3) is 0 Å². The van der Waals surface area contributed by atoms with E-state index in [2.05, 4.69) is 10.1 Å². The molecule has 1 amide bonds. The molecular weight excluding hydrogens is 250 g/mol. The third-order valence-corrected chi connectivity index (χ3v) is 3.02. The van der Waals surface area contributed by atoms with Crippen LogP contribution in [0.4, 0.5) is 4.79 Å². The molecule has 1 fully saturated rings. The van der Waals surface area contributed by atoms with Crippen molar-refractivity contribution in [1.29, 1.82) is 0 Å². The summed E-state index contributed by atoms with van der Waals surface area (Å²) >= 11 is 0. The number of methoxy groups -OCH3 is 1. The fourth-order valence-corrected chi connectivity index (χ4v) is 2.20. The SMILES string of the molecule is COC(=O)[C@@H]1C[C@@H](C=O)[C@H](NC(=O)OC(C)(C)C)C1. The van der Waals surface area contributed by atoms with Crippen molar-refractivity contribution in [2.45, 2.75) is 45.3 Å². The summed E-state index contributed by atoms with van der Waals surface area (Å²) in [4.78, 5) is 34.1. The van der Waals surface area contributed by atoms with E-state index >= 15 is 0 Å². The maximum atomic E-state index is 11.7. The smallest absolute Gasteiger partial charge is 0.407 e. The Hall–Kier alpha value is -1.59. The number of aldehydes is 1. The number of amides is 1. The van der Waals surface area contributed by atoms with Crippen molar-refractivity contribution in [3.8, 4) is 0 Å². The number of carbonyl (C=O) groups is 3. The summed E-state index contributed by atoms with van der Waals surface area (Å²) in [5.74, 6) is -1.07. The van der Waals surface area contributed by atoms with E-state index in [1.165, 1.54) is 7.11 Å². The second-order valence-corrected chi connectivity index (χ2v) is 5.74. The van der Waals surface area contributed by atoms with Crippen molar-refractivity contribution in [2.24, 2.45) is 11.8 Å². The van der Waals surface area contributed by atoms with Gasteiger partial charge in [0, 0.05) is 12.0 Å². The Morgan fingerprint density at radius 3 is 2.37 bits per heavy atom. The first-order chi connectivity index (χ1) is 8.76. The van der Waals surface area contributed by atoms with Crippen LogP contribution in [0, 0.1) is 11.8 Å². The molecule has 3 atom stereocenters. The maximum absolute atomic E-state index is 11.7. The molecule has 0 bridgehead atoms. The average Bonchev–Trinajstić information content (AvgIpc) is 2.68. The zero-order valence-electron chi connectivity index (χ0n) is 11.8. The molecular formula is C13H21NO5. The summed E-state index contributed by atoms with van der Waals surface area (Å²) < 4.78 is 9.79. The van der Waals surface area contributed by atoms with E-state index in [0.717, 1.165) is 6.29 Å². The van der Waals surface area contributed by atoms with Gasteiger partial charge in [-0.1, -0.05) is 0 Å². The van der Waals surface area contributed by atoms with E-state index in [0.29, 0.717) is 12.8 Å². The predicted octanol–water partition coefficient (Wildman–Crippen LogP) is 1.28. The second kappa shape index (κ2) is 6.04. The Labute approximate surface area is 112 Å². The van der Waals surface area contributed by atoms with Crippen LogP contribution in [0.3, 0.4) is 0 Å². The highest BCUT2D eigenvalue weighted by molar-refractivity contribution is 5.75. The van der Waals surface area contributed by atoms with E-state index in [-0.39, 0.29) is 23.8 Å². The Morgan fingerprint density at radius 2 is 1.89 bits per heavy atom. The topological polar surface area (TPSA) is 81.7 Å². The van der Waals surface area contributed by atoms with Crippen LogP contribution in [-0.4, -0.2) is 37.1 Å². The van der Waals surface area contributed by atoms with Crippen molar-refractivity contribution >= 4 is 18.3 Å². The van der Waals surface area contributed by atoms with Gasteiger partial charge in [0.2, 0.25) is 0 Å². The first-order valence-electron chi connectivity index (χ1n) is 6.29. The van der Waals surface area contributed by atoms with Crippen LogP contribution in [0.5, 0.6) is 0 Å². The molecule has 0 radical (unpaired) electrons. The number of esters is 1. The van der Waals surface area contributed by atoms with Crippen molar-refractivity contribution in [3.63, 3.8) is 0 Å². The number of hydrogen-bond acceptors (Lipinski definition) is 5. The van der Waals surface area contributed by atoms with E-state index in [1.807, 2.05) is 0 Å². The Morgan fingerprint density at radius 1 is 1.26 bits per heavy atom. The molecule has 0 heterocycles. The van der Waals surface area contributed by atoms with Crippen LogP contribution in [0.1, 0.15) is 33.6 Å². The normalized spacial score (nSPS) is 26.6. The molecule has 1 rings (SSSR count). The molecule has 0 unspecified atom stereocenters. The second-order valence-electron chi connectivity index (χ2n) is 5.74. The van der Waals surface area contributed by atoms with Gasteiger partial charge in [-0.3, -0.25) is 4.79 Å². The number of carbonyl (C=O) groups excluding carboxylic acids is 3. The van der Waals surface area contributed by atoms with E-state index in [1.54, 1.807) is 20.8 Å². The summed E-state index contributed by atoms with van der Waals surface area (Å²) in [6, 6.07) is -0.378. The quantitative estimate of drug-likeness (QED) is 0.617. The lowest BCUT2D eigenvalue weighted by Crippen LogP contribution is -2.41. The van der Waals surface area contributed by atoms with Crippen molar-refractivity contribution < 1.29 is 23.9 Å². The molecule has 108 valence electrons. The highest BCUT2D eigenvalue weighted by atomic mass is 16.6. The molecule has 1 saturated carbocycles. The van der Waals surface area contributed by atoms with Crippen LogP contribution in [0.2, 0.25) is 0 Å². The third-order valence-electron chi connectivity index (χ3n) is 3.02. The molecule has 0 aromatic carbocycles. The summed E-state index contributed by atoms with van der Waals surface area (Å²) in [6.45, 7) is 5.28. The molecule has 0 spiro atoms. The fourth-order valence-electron chi connectivity index (χ4n) is 2.20. The lowest BCUT2D eigenvalue weighted by atomic mass is 10.1. The maximum Gasteiger partial charge on any atom is 0.407 e. The molecule has 0 aliphatic heterocycles. The van der Waals surface area contributed by atoms with Gasteiger partial charge in [-0.05, 0) is 33.6 Å². The molecule has 1 aliphatic carbocycles. The molecule has 6 nitrogen and oxygen atoms in total. The molecule has 0 aromatic heterocycles. The minimum atomic E-state index is -0.596. The summed E-state index contributed by atoms with van der Waals surface area (Å²) in [5, 5.41) is 2.65. The van der Waals surface area contributed by atoms with Gasteiger partial charge in [-0.25, -0.2) is 4.79 Å². The summed E-state index contributed by atoms with van der Waals surface area (Å²) in [7, 11) is 1.31. The Balaban J connectivity index is 2.59. The monoisotopic (exact) mass is 271 g/mol. The van der Waals surface area contributed by atoms with Gasteiger partial charge in [0.15, 0.2) is 0 Å². The third kappa shape index (κ3) is 4.54. The van der Waals surface area contributed by atoms with E-state index in [4.69, 9.17) is 4.74 Å². The van der Waals surface area contributed by atoms with Crippen LogP contribution < -0.4 is 5.32 Å². The highest BCUT2D eigenvalue weighted by Gasteiger charge is 2.39. The van der Waals surface area contributed by atoms with E-state index < -0.39 is 11.7 Å². The summed E-state index contributed by atoms with van der Waals surface area (Å²) in [5.41, 5.74) is -0.596. The first kappa shape index (κ1) is 15.5. The van der Waals surface area contributed by atoms with Crippen molar-refractivity contribution in [1.82, 2.24) is 5.32 Å². The Kier molecular flexibility index (Phi) is 4.91. The zero-order valence-corrected chi connectivity index (χ0v) is 11.8. The van der Waals surface area contributed by atoms with Crippen molar-refractivity contribution in [3.05, 3.63) is 0 Å². The molecule has 19 heavy (non-hydrogen) atoms. The number of ether oxygens (including phenoxy) is 2. The molecule has 0 aromatic rings. The first-order valence-corrected chi connectivity index (χ1v) is 6.29. The van der Waals surface area contributed by atoms with Crippen LogP contribution in [-0.2, 0) is 19.1 Å². The van der Waals surface area contributed by atoms with Crippen LogP contribution in [0.25, 0.3) is 0 Å². The minimum Gasteiger partial charge on any atom is -0.469 e. The zero-order chi connectivity index (χ0) is 14.6. The highest BCUT2D eigenvalue weighted by Crippen LogP contribution is 2.31. The lowest BCUT2D eigenvalue weighted by molar-refractivity contribution is -0.145. The largest absolute Gasteiger partial charge is 0.469 e. The van der Waals surface area contributed by atoms with E-state index in [9.17, 15) is 14.4 Å².